The second kappa shape index (κ2) is 6.12. The molecule has 0 atom stereocenters. The molecule has 1 fully saturated rings. The highest BCUT2D eigenvalue weighted by Crippen LogP contribution is 2.34. The third kappa shape index (κ3) is 2.63. The monoisotopic (exact) mass is 342 g/mol. The van der Waals surface area contributed by atoms with Gasteiger partial charge in [-0.1, -0.05) is 29.3 Å². The van der Waals surface area contributed by atoms with Crippen molar-refractivity contribution in [1.29, 1.82) is 0 Å². The summed E-state index contributed by atoms with van der Waals surface area (Å²) in [5.74, 6) is 0.789. The number of hydrogen-bond acceptors (Lipinski definition) is 6. The molecule has 9 heteroatoms. The fourth-order valence-corrected chi connectivity index (χ4v) is 2.80. The number of nitro groups is 1. The van der Waals surface area contributed by atoms with Gasteiger partial charge in [-0.3, -0.25) is 15.0 Å². The third-order valence-electron chi connectivity index (χ3n) is 3.41. The minimum Gasteiger partial charge on any atom is -0.378 e. The molecule has 22 heavy (non-hydrogen) atoms. The van der Waals surface area contributed by atoms with E-state index < -0.39 is 4.92 Å². The van der Waals surface area contributed by atoms with Crippen molar-refractivity contribution in [2.45, 2.75) is 0 Å². The number of fused-ring (bicyclic) bond motifs is 1. The molecule has 0 aromatic carbocycles. The minimum atomic E-state index is -0.503. The van der Waals surface area contributed by atoms with Crippen molar-refractivity contribution in [2.75, 3.05) is 26.3 Å². The van der Waals surface area contributed by atoms with Gasteiger partial charge in [0.15, 0.2) is 5.70 Å². The summed E-state index contributed by atoms with van der Waals surface area (Å²) in [5, 5.41) is 11.6. The highest BCUT2D eigenvalue weighted by atomic mass is 35.5. The van der Waals surface area contributed by atoms with Crippen molar-refractivity contribution >= 4 is 29.0 Å². The molecule has 0 bridgehead atoms. The van der Waals surface area contributed by atoms with Gasteiger partial charge in [0.05, 0.1) is 18.1 Å². The molecule has 0 aromatic rings. The van der Waals surface area contributed by atoms with Crippen LogP contribution in [0, 0.1) is 10.1 Å². The summed E-state index contributed by atoms with van der Waals surface area (Å²) < 4.78 is 5.11. The number of rotatable bonds is 2. The SMILES string of the molecule is O=[N+]([O-])C1=C(N2CCOCC2)N=C2C=CC=CN2C1=C(Cl)Cl. The van der Waals surface area contributed by atoms with Gasteiger partial charge in [0.1, 0.15) is 10.3 Å². The summed E-state index contributed by atoms with van der Waals surface area (Å²) in [4.78, 5) is 18.8. The number of nitrogens with zero attached hydrogens (tertiary/aromatic N) is 4. The van der Waals surface area contributed by atoms with Crippen LogP contribution in [0.3, 0.4) is 0 Å². The summed E-state index contributed by atoms with van der Waals surface area (Å²) in [5.41, 5.74) is -0.0778. The molecule has 3 aliphatic rings. The predicted octanol–water partition coefficient (Wildman–Crippen LogP) is 2.21. The number of aliphatic imine (C=N–C) groups is 1. The molecule has 1 saturated heterocycles. The molecule has 116 valence electrons. The average Bonchev–Trinajstić information content (AvgIpc) is 2.53. The summed E-state index contributed by atoms with van der Waals surface area (Å²) in [6.45, 7) is 2.03. The molecule has 0 radical (unpaired) electrons. The second-order valence-corrected chi connectivity index (χ2v) is 5.63. The number of amidine groups is 1. The van der Waals surface area contributed by atoms with Gasteiger partial charge in [-0.15, -0.1) is 0 Å². The van der Waals surface area contributed by atoms with E-state index in [4.69, 9.17) is 27.9 Å². The second-order valence-electron chi connectivity index (χ2n) is 4.68. The van der Waals surface area contributed by atoms with Crippen LogP contribution in [0.4, 0.5) is 0 Å². The van der Waals surface area contributed by atoms with Crippen LogP contribution in [0.1, 0.15) is 0 Å². The molecule has 3 heterocycles. The average molecular weight is 343 g/mol. The Bertz CT molecular complexity index is 656. The third-order valence-corrected chi connectivity index (χ3v) is 3.77. The highest BCUT2D eigenvalue weighted by molar-refractivity contribution is 6.56. The first-order valence-electron chi connectivity index (χ1n) is 6.59. The predicted molar refractivity (Wildman–Crippen MR) is 82.7 cm³/mol. The summed E-state index contributed by atoms with van der Waals surface area (Å²) in [7, 11) is 0. The van der Waals surface area contributed by atoms with Crippen LogP contribution >= 0.6 is 23.2 Å². The molecule has 0 saturated carbocycles. The number of hydrogen-bond donors (Lipinski definition) is 0. The minimum absolute atomic E-state index is 0.125. The zero-order chi connectivity index (χ0) is 15.7. The van der Waals surface area contributed by atoms with Gasteiger partial charge >= 0.3 is 5.70 Å². The Hall–Kier alpha value is -1.83. The lowest BCUT2D eigenvalue weighted by atomic mass is 10.2. The first kappa shape index (κ1) is 15.1. The van der Waals surface area contributed by atoms with Crippen molar-refractivity contribution in [1.82, 2.24) is 9.80 Å². The van der Waals surface area contributed by atoms with Crippen LogP contribution in [0.5, 0.6) is 0 Å². The van der Waals surface area contributed by atoms with E-state index in [1.54, 1.807) is 24.4 Å². The van der Waals surface area contributed by atoms with E-state index in [0.29, 0.717) is 32.1 Å². The van der Waals surface area contributed by atoms with Crippen LogP contribution in [0.2, 0.25) is 0 Å². The molecule has 0 amide bonds. The molecular formula is C13H12Cl2N4O3. The van der Waals surface area contributed by atoms with Gasteiger partial charge in [-0.05, 0) is 12.2 Å². The van der Waals surface area contributed by atoms with Crippen LogP contribution in [-0.2, 0) is 4.74 Å². The topological polar surface area (TPSA) is 71.2 Å². The van der Waals surface area contributed by atoms with E-state index in [-0.39, 0.29) is 21.7 Å². The lowest BCUT2D eigenvalue weighted by Crippen LogP contribution is -2.41. The Morgan fingerprint density at radius 3 is 2.68 bits per heavy atom. The smallest absolute Gasteiger partial charge is 0.337 e. The standard InChI is InChI=1S/C13H12Cl2N4O3/c14-12(15)10-11(19(20)21)13(17-5-7-22-8-6-17)16-9-3-1-2-4-18(9)10/h1-4H,5-8H2. The van der Waals surface area contributed by atoms with E-state index in [9.17, 15) is 10.1 Å². The van der Waals surface area contributed by atoms with Crippen molar-refractivity contribution in [3.8, 4) is 0 Å². The molecule has 0 unspecified atom stereocenters. The van der Waals surface area contributed by atoms with E-state index in [1.807, 2.05) is 4.90 Å². The molecule has 3 aliphatic heterocycles. The number of halogens is 2. The van der Waals surface area contributed by atoms with E-state index >= 15 is 0 Å². The van der Waals surface area contributed by atoms with Crippen LogP contribution in [0.25, 0.3) is 0 Å². The van der Waals surface area contributed by atoms with Crippen LogP contribution < -0.4 is 0 Å². The molecule has 0 spiro atoms. The van der Waals surface area contributed by atoms with Crippen molar-refractivity contribution < 1.29 is 9.66 Å². The van der Waals surface area contributed by atoms with Gasteiger partial charge in [-0.2, -0.15) is 0 Å². The molecule has 3 rings (SSSR count). The zero-order valence-electron chi connectivity index (χ0n) is 11.4. The van der Waals surface area contributed by atoms with Gasteiger partial charge in [0.2, 0.25) is 5.82 Å². The maximum Gasteiger partial charge on any atom is 0.337 e. The Morgan fingerprint density at radius 1 is 1.32 bits per heavy atom. The molecule has 0 N–H and O–H groups in total. The Kier molecular flexibility index (Phi) is 4.19. The summed E-state index contributed by atoms with van der Waals surface area (Å²) >= 11 is 11.9. The van der Waals surface area contributed by atoms with E-state index in [2.05, 4.69) is 4.99 Å². The quantitative estimate of drug-likeness (QED) is 0.568. The van der Waals surface area contributed by atoms with Crippen molar-refractivity contribution in [3.05, 3.63) is 56.2 Å². The van der Waals surface area contributed by atoms with Gasteiger partial charge < -0.3 is 9.64 Å². The van der Waals surface area contributed by atoms with E-state index in [0.717, 1.165) is 0 Å². The first-order valence-corrected chi connectivity index (χ1v) is 7.35. The Labute approximate surface area is 136 Å². The van der Waals surface area contributed by atoms with Crippen molar-refractivity contribution in [2.24, 2.45) is 4.99 Å². The zero-order valence-corrected chi connectivity index (χ0v) is 12.9. The van der Waals surface area contributed by atoms with Gasteiger partial charge in [-0.25, -0.2) is 4.99 Å². The van der Waals surface area contributed by atoms with E-state index in [1.165, 1.54) is 4.90 Å². The van der Waals surface area contributed by atoms with Crippen LogP contribution in [-0.4, -0.2) is 46.9 Å². The highest BCUT2D eigenvalue weighted by Gasteiger charge is 2.38. The molecule has 0 aliphatic carbocycles. The number of morpholine rings is 1. The Morgan fingerprint density at radius 2 is 2.05 bits per heavy atom. The molecule has 0 aromatic heterocycles. The number of ether oxygens (including phenoxy) is 1. The molecular weight excluding hydrogens is 331 g/mol. The lowest BCUT2D eigenvalue weighted by molar-refractivity contribution is -0.424. The maximum absolute atomic E-state index is 11.6. The molecule has 7 nitrogen and oxygen atoms in total. The number of allylic oxidation sites excluding steroid dienone is 2. The fourth-order valence-electron chi connectivity index (χ4n) is 2.44. The summed E-state index contributed by atoms with van der Waals surface area (Å²) in [6, 6.07) is 0. The van der Waals surface area contributed by atoms with Gasteiger partial charge in [0.25, 0.3) is 0 Å². The fraction of sp³-hybridized carbons (Fsp3) is 0.308. The normalized spacial score (nSPS) is 21.0. The van der Waals surface area contributed by atoms with Crippen molar-refractivity contribution in [3.63, 3.8) is 0 Å². The Balaban J connectivity index is 2.17. The summed E-state index contributed by atoms with van der Waals surface area (Å²) in [6.07, 6.45) is 6.91. The first-order chi connectivity index (χ1) is 10.6. The lowest BCUT2D eigenvalue weighted by Gasteiger charge is -2.33. The van der Waals surface area contributed by atoms with Gasteiger partial charge in [0, 0.05) is 19.3 Å². The largest absolute Gasteiger partial charge is 0.378 e. The van der Waals surface area contributed by atoms with Crippen LogP contribution in [0.15, 0.2) is 51.1 Å². The maximum atomic E-state index is 11.6.